The number of ether oxygens (including phenoxy) is 1. The molecule has 4 heterocycles. The Hall–Kier alpha value is -2.60. The molecule has 3 aliphatic rings. The molecule has 1 aliphatic carbocycles. The highest BCUT2D eigenvalue weighted by Crippen LogP contribution is 2.35. The number of pyridine rings is 1. The number of aliphatic hydroxyl groups is 1. The number of aromatic nitrogens is 3. The van der Waals surface area contributed by atoms with Crippen LogP contribution in [0.2, 0.25) is 0 Å². The van der Waals surface area contributed by atoms with Gasteiger partial charge in [0.2, 0.25) is 0 Å². The van der Waals surface area contributed by atoms with Gasteiger partial charge in [-0.25, -0.2) is 15.4 Å². The van der Waals surface area contributed by atoms with E-state index < -0.39 is 5.60 Å². The first kappa shape index (κ1) is 19.4. The Bertz CT molecular complexity index is 958. The second kappa shape index (κ2) is 7.91. The predicted molar refractivity (Wildman–Crippen MR) is 114 cm³/mol. The van der Waals surface area contributed by atoms with E-state index in [1.54, 1.807) is 6.20 Å². The van der Waals surface area contributed by atoms with Gasteiger partial charge in [0.15, 0.2) is 11.6 Å². The number of fused-ring (bicyclic) bond motifs is 1. The van der Waals surface area contributed by atoms with Gasteiger partial charge in [-0.15, -0.1) is 0 Å². The molecule has 1 atom stereocenters. The fourth-order valence-electron chi connectivity index (χ4n) is 4.48. The van der Waals surface area contributed by atoms with Crippen LogP contribution < -0.4 is 15.3 Å². The van der Waals surface area contributed by atoms with Crippen LogP contribution in [0.4, 0.5) is 17.5 Å². The van der Waals surface area contributed by atoms with E-state index in [-0.39, 0.29) is 6.04 Å². The van der Waals surface area contributed by atoms with Gasteiger partial charge in [0, 0.05) is 36.5 Å². The van der Waals surface area contributed by atoms with E-state index in [9.17, 15) is 5.11 Å². The fraction of sp³-hybridized carbons (Fsp3) is 0.545. The minimum Gasteiger partial charge on any atom is -0.378 e. The van der Waals surface area contributed by atoms with Gasteiger partial charge in [0.25, 0.3) is 0 Å². The van der Waals surface area contributed by atoms with Gasteiger partial charge >= 0.3 is 0 Å². The van der Waals surface area contributed by atoms with Crippen molar-refractivity contribution in [3.63, 3.8) is 0 Å². The van der Waals surface area contributed by atoms with Gasteiger partial charge in [-0.2, -0.15) is 5.10 Å². The smallest absolute Gasteiger partial charge is 0.170 e. The molecule has 8 nitrogen and oxygen atoms in total. The highest BCUT2D eigenvalue weighted by atomic mass is 16.5. The van der Waals surface area contributed by atoms with E-state index in [4.69, 9.17) is 9.72 Å². The summed E-state index contributed by atoms with van der Waals surface area (Å²) in [4.78, 5) is 7.26. The van der Waals surface area contributed by atoms with Crippen molar-refractivity contribution < 1.29 is 9.84 Å². The molecular formula is C22H28N6O2. The monoisotopic (exact) mass is 408 g/mol. The van der Waals surface area contributed by atoms with Crippen LogP contribution in [0.3, 0.4) is 0 Å². The van der Waals surface area contributed by atoms with Crippen LogP contribution in [-0.2, 0) is 11.3 Å². The Balaban J connectivity index is 1.57. The van der Waals surface area contributed by atoms with Crippen LogP contribution in [-0.4, -0.2) is 51.7 Å². The van der Waals surface area contributed by atoms with Crippen LogP contribution in [0.15, 0.2) is 18.3 Å². The van der Waals surface area contributed by atoms with E-state index in [0.29, 0.717) is 19.8 Å². The largest absolute Gasteiger partial charge is 0.378 e. The number of hydrogen-bond acceptors (Lipinski definition) is 7. The quantitative estimate of drug-likeness (QED) is 0.657. The van der Waals surface area contributed by atoms with Crippen molar-refractivity contribution >= 4 is 17.5 Å². The van der Waals surface area contributed by atoms with Gasteiger partial charge in [-0.05, 0) is 38.7 Å². The lowest BCUT2D eigenvalue weighted by atomic mass is 9.85. The average Bonchev–Trinajstić information content (AvgIpc) is 3.42. The minimum atomic E-state index is -0.880. The normalized spacial score (nSPS) is 23.1. The van der Waals surface area contributed by atoms with Gasteiger partial charge in [0.05, 0.1) is 19.3 Å². The van der Waals surface area contributed by atoms with E-state index >= 15 is 0 Å². The maximum atomic E-state index is 10.9. The molecule has 2 aromatic rings. The number of H-pyrrole nitrogens is 1. The van der Waals surface area contributed by atoms with Crippen LogP contribution in [0.1, 0.15) is 50.2 Å². The van der Waals surface area contributed by atoms with E-state index in [1.807, 2.05) is 11.1 Å². The molecule has 5 rings (SSSR count). The third-order valence-corrected chi connectivity index (χ3v) is 6.20. The van der Waals surface area contributed by atoms with Crippen LogP contribution in [0.25, 0.3) is 0 Å². The zero-order chi connectivity index (χ0) is 20.6. The number of anilines is 3. The van der Waals surface area contributed by atoms with Crippen LogP contribution in [0.5, 0.6) is 0 Å². The highest BCUT2D eigenvalue weighted by molar-refractivity contribution is 5.69. The summed E-state index contributed by atoms with van der Waals surface area (Å²) in [5.41, 5.74) is 4.44. The maximum Gasteiger partial charge on any atom is 0.170 e. The van der Waals surface area contributed by atoms with Crippen molar-refractivity contribution in [2.45, 2.75) is 57.2 Å². The van der Waals surface area contributed by atoms with Gasteiger partial charge in [0.1, 0.15) is 11.4 Å². The summed E-state index contributed by atoms with van der Waals surface area (Å²) in [6, 6.07) is 4.21. The SMILES string of the molecule is C[C@@H]1COCCN1c1cc(C#CC2(O)CCCCC2)c2c(n1)N(c1cc[nH]n1)NC2. The Labute approximate surface area is 176 Å². The topological polar surface area (TPSA) is 89.5 Å². The van der Waals surface area contributed by atoms with Crippen LogP contribution in [0, 0.1) is 11.8 Å². The standard InChI is InChI=1S/C22H28N6O2/c1-16-15-30-12-11-27(16)20-13-17(5-9-22(29)7-3-2-4-8-22)18-14-24-28(21(18)25-20)19-6-10-23-26-19/h6,10,13,16,24,29H,2-4,7-8,11-12,14-15H2,1H3,(H,23,26)/t16-/m1/s1. The third kappa shape index (κ3) is 3.65. The second-order valence-electron chi connectivity index (χ2n) is 8.39. The molecule has 158 valence electrons. The lowest BCUT2D eigenvalue weighted by Crippen LogP contribution is -2.44. The van der Waals surface area contributed by atoms with Crippen molar-refractivity contribution in [3.8, 4) is 11.8 Å². The summed E-state index contributed by atoms with van der Waals surface area (Å²) in [5.74, 6) is 8.99. The fourth-order valence-corrected chi connectivity index (χ4v) is 4.48. The van der Waals surface area contributed by atoms with Gasteiger partial charge in [-0.3, -0.25) is 5.10 Å². The van der Waals surface area contributed by atoms with Crippen molar-refractivity contribution in [2.24, 2.45) is 0 Å². The van der Waals surface area contributed by atoms with Crippen molar-refractivity contribution in [1.82, 2.24) is 20.6 Å². The first-order valence-electron chi connectivity index (χ1n) is 10.8. The number of morpholine rings is 1. The zero-order valence-corrected chi connectivity index (χ0v) is 17.3. The number of nitrogens with one attached hydrogen (secondary N) is 2. The summed E-state index contributed by atoms with van der Waals surface area (Å²) in [6.45, 7) is 4.93. The number of aromatic amines is 1. The molecule has 2 aromatic heterocycles. The van der Waals surface area contributed by atoms with Crippen molar-refractivity contribution in [2.75, 3.05) is 29.7 Å². The van der Waals surface area contributed by atoms with Crippen molar-refractivity contribution in [1.29, 1.82) is 0 Å². The van der Waals surface area contributed by atoms with Gasteiger partial charge in [-0.1, -0.05) is 18.3 Å². The molecule has 1 saturated heterocycles. The molecule has 2 fully saturated rings. The first-order valence-corrected chi connectivity index (χ1v) is 10.8. The number of hydrazine groups is 1. The van der Waals surface area contributed by atoms with Crippen LogP contribution >= 0.6 is 0 Å². The average molecular weight is 409 g/mol. The first-order chi connectivity index (χ1) is 14.6. The Morgan fingerprint density at radius 2 is 2.13 bits per heavy atom. The molecule has 2 aliphatic heterocycles. The molecular weight excluding hydrogens is 380 g/mol. The molecule has 0 aromatic carbocycles. The van der Waals surface area contributed by atoms with E-state index in [2.05, 4.69) is 45.4 Å². The number of hydrogen-bond donors (Lipinski definition) is 3. The molecule has 0 radical (unpaired) electrons. The zero-order valence-electron chi connectivity index (χ0n) is 17.3. The molecule has 1 saturated carbocycles. The summed E-state index contributed by atoms with van der Waals surface area (Å²) < 4.78 is 5.61. The van der Waals surface area contributed by atoms with E-state index in [1.165, 1.54) is 6.42 Å². The molecule has 8 heteroatoms. The molecule has 0 bridgehead atoms. The lowest BCUT2D eigenvalue weighted by molar-refractivity contribution is 0.0610. The number of rotatable bonds is 2. The molecule has 30 heavy (non-hydrogen) atoms. The van der Waals surface area contributed by atoms with Crippen molar-refractivity contribution in [3.05, 3.63) is 29.5 Å². The predicted octanol–water partition coefficient (Wildman–Crippen LogP) is 2.23. The van der Waals surface area contributed by atoms with Gasteiger partial charge < -0.3 is 14.7 Å². The molecule has 0 amide bonds. The highest BCUT2D eigenvalue weighted by Gasteiger charge is 2.30. The molecule has 0 spiro atoms. The second-order valence-corrected chi connectivity index (χ2v) is 8.39. The Kier molecular flexibility index (Phi) is 5.11. The molecule has 0 unspecified atom stereocenters. The third-order valence-electron chi connectivity index (χ3n) is 6.20. The summed E-state index contributed by atoms with van der Waals surface area (Å²) >= 11 is 0. The van der Waals surface area contributed by atoms with E-state index in [0.717, 1.165) is 60.8 Å². The minimum absolute atomic E-state index is 0.237. The number of nitrogens with zero attached hydrogens (tertiary/aromatic N) is 4. The Morgan fingerprint density at radius 1 is 1.27 bits per heavy atom. The maximum absolute atomic E-state index is 10.9. The summed E-state index contributed by atoms with van der Waals surface area (Å²) in [7, 11) is 0. The molecule has 3 N–H and O–H groups in total. The summed E-state index contributed by atoms with van der Waals surface area (Å²) in [6.07, 6.45) is 6.53. The summed E-state index contributed by atoms with van der Waals surface area (Å²) in [5, 5.41) is 20.0. The lowest BCUT2D eigenvalue weighted by Gasteiger charge is -2.34. The Morgan fingerprint density at radius 3 is 2.90 bits per heavy atom.